The van der Waals surface area contributed by atoms with Gasteiger partial charge in [-0.25, -0.2) is 4.39 Å². The van der Waals surface area contributed by atoms with Gasteiger partial charge in [0, 0.05) is 4.88 Å². The number of thiophene rings is 1. The van der Waals surface area contributed by atoms with Gasteiger partial charge in [0.05, 0.1) is 29.4 Å². The van der Waals surface area contributed by atoms with Crippen LogP contribution in [0.4, 0.5) is 9.39 Å². The predicted octanol–water partition coefficient (Wildman–Crippen LogP) is 4.22. The number of carbonyl (C=O) groups is 1. The molecular formula is C17H13ClFN3O3S. The van der Waals surface area contributed by atoms with Gasteiger partial charge < -0.3 is 14.6 Å². The number of fused-ring (bicyclic) bond motifs is 1. The van der Waals surface area contributed by atoms with Crippen molar-refractivity contribution >= 4 is 33.8 Å². The summed E-state index contributed by atoms with van der Waals surface area (Å²) in [6.07, 6.45) is 0.690. The van der Waals surface area contributed by atoms with Crippen LogP contribution >= 0.6 is 22.9 Å². The molecule has 0 saturated heterocycles. The summed E-state index contributed by atoms with van der Waals surface area (Å²) in [5, 5.41) is 7.30. The number of nitrogens with zero attached hydrogens (tertiary/aromatic N) is 2. The van der Waals surface area contributed by atoms with Gasteiger partial charge in [-0.3, -0.25) is 4.79 Å². The molecule has 0 radical (unpaired) electrons. The first-order chi connectivity index (χ1) is 12.5. The normalized spacial score (nSPS) is 13.5. The highest BCUT2D eigenvalue weighted by atomic mass is 35.5. The number of aryl methyl sites for hydroxylation is 1. The second-order valence-corrected chi connectivity index (χ2v) is 7.25. The monoisotopic (exact) mass is 393 g/mol. The maximum absolute atomic E-state index is 13.2. The summed E-state index contributed by atoms with van der Waals surface area (Å²) in [4.78, 5) is 17.9. The minimum absolute atomic E-state index is 0.0438. The fourth-order valence-electron chi connectivity index (χ4n) is 2.79. The van der Waals surface area contributed by atoms with E-state index in [-0.39, 0.29) is 10.6 Å². The smallest absolute Gasteiger partial charge is 0.261 e. The van der Waals surface area contributed by atoms with Crippen LogP contribution in [-0.4, -0.2) is 22.7 Å². The largest absolute Gasteiger partial charge is 0.376 e. The molecule has 6 nitrogen and oxygen atoms in total. The van der Waals surface area contributed by atoms with Crippen LogP contribution in [0.25, 0.3) is 11.5 Å². The molecule has 4 rings (SSSR count). The van der Waals surface area contributed by atoms with Crippen LogP contribution in [-0.2, 0) is 17.8 Å². The number of amides is 1. The van der Waals surface area contributed by atoms with Crippen LogP contribution in [0.2, 0.25) is 5.02 Å². The van der Waals surface area contributed by atoms with Crippen molar-refractivity contribution in [3.63, 3.8) is 0 Å². The van der Waals surface area contributed by atoms with Crippen LogP contribution in [0.15, 0.2) is 22.7 Å². The molecule has 0 fully saturated rings. The molecule has 1 aromatic carbocycles. The van der Waals surface area contributed by atoms with E-state index < -0.39 is 11.7 Å². The van der Waals surface area contributed by atoms with E-state index in [2.05, 4.69) is 15.5 Å². The Morgan fingerprint density at radius 2 is 2.27 bits per heavy atom. The van der Waals surface area contributed by atoms with Crippen molar-refractivity contribution in [3.05, 3.63) is 50.9 Å². The topological polar surface area (TPSA) is 77.2 Å². The Labute approximate surface area is 156 Å². The number of anilines is 1. The van der Waals surface area contributed by atoms with E-state index in [0.29, 0.717) is 41.9 Å². The second-order valence-electron chi connectivity index (χ2n) is 5.74. The first-order valence-electron chi connectivity index (χ1n) is 7.82. The van der Waals surface area contributed by atoms with Crippen molar-refractivity contribution in [2.24, 2.45) is 0 Å². The molecule has 0 saturated carbocycles. The van der Waals surface area contributed by atoms with Crippen LogP contribution in [0.3, 0.4) is 0 Å². The molecule has 2 aromatic heterocycles. The summed E-state index contributed by atoms with van der Waals surface area (Å²) in [5.41, 5.74) is 1.93. The molecule has 0 aliphatic carbocycles. The Morgan fingerprint density at radius 3 is 3.00 bits per heavy atom. The van der Waals surface area contributed by atoms with Crippen molar-refractivity contribution in [1.29, 1.82) is 0 Å². The maximum atomic E-state index is 13.2. The average Bonchev–Trinajstić information content (AvgIpc) is 3.17. The van der Waals surface area contributed by atoms with Crippen LogP contribution in [0, 0.1) is 12.7 Å². The SMILES string of the molecule is Cc1noc(-c2c(NC(=O)c3ccc(F)cc3Cl)sc3c2CCOC3)n1. The third kappa shape index (κ3) is 3.11. The molecule has 3 heterocycles. The van der Waals surface area contributed by atoms with E-state index in [0.717, 1.165) is 16.5 Å². The molecule has 9 heteroatoms. The van der Waals surface area contributed by atoms with E-state index in [9.17, 15) is 9.18 Å². The number of benzene rings is 1. The number of hydrogen-bond acceptors (Lipinski definition) is 6. The number of aromatic nitrogens is 2. The first-order valence-corrected chi connectivity index (χ1v) is 9.01. The lowest BCUT2D eigenvalue weighted by Crippen LogP contribution is -2.12. The third-order valence-electron chi connectivity index (χ3n) is 3.96. The Kier molecular flexibility index (Phi) is 4.47. The van der Waals surface area contributed by atoms with Crippen molar-refractivity contribution < 1.29 is 18.4 Å². The fraction of sp³-hybridized carbons (Fsp3) is 0.235. The van der Waals surface area contributed by atoms with Crippen molar-refractivity contribution in [2.75, 3.05) is 11.9 Å². The van der Waals surface area contributed by atoms with Crippen LogP contribution in [0.5, 0.6) is 0 Å². The standard InChI is InChI=1S/C17H13ClFN3O3S/c1-8-20-16(25-22-8)14-11-4-5-24-7-13(11)26-17(14)21-15(23)10-3-2-9(19)6-12(10)18/h2-3,6H,4-5,7H2,1H3,(H,21,23). The zero-order valence-corrected chi connectivity index (χ0v) is 15.2. The third-order valence-corrected chi connectivity index (χ3v) is 5.40. The highest BCUT2D eigenvalue weighted by Crippen LogP contribution is 2.42. The number of rotatable bonds is 3. The molecule has 0 spiro atoms. The molecule has 3 aromatic rings. The second kappa shape index (κ2) is 6.79. The molecule has 0 bridgehead atoms. The molecule has 26 heavy (non-hydrogen) atoms. The first kappa shape index (κ1) is 17.1. The number of nitrogens with one attached hydrogen (secondary N) is 1. The number of ether oxygens (including phenoxy) is 1. The average molecular weight is 394 g/mol. The highest BCUT2D eigenvalue weighted by molar-refractivity contribution is 7.17. The lowest BCUT2D eigenvalue weighted by Gasteiger charge is -2.12. The quantitative estimate of drug-likeness (QED) is 0.720. The van der Waals surface area contributed by atoms with E-state index in [1.165, 1.54) is 23.5 Å². The molecule has 0 unspecified atom stereocenters. The van der Waals surface area contributed by atoms with E-state index >= 15 is 0 Å². The van der Waals surface area contributed by atoms with Gasteiger partial charge in [-0.15, -0.1) is 11.3 Å². The summed E-state index contributed by atoms with van der Waals surface area (Å²) >= 11 is 7.39. The summed E-state index contributed by atoms with van der Waals surface area (Å²) < 4.78 is 24.0. The molecule has 1 aliphatic rings. The number of halogens is 2. The highest BCUT2D eigenvalue weighted by Gasteiger charge is 2.27. The molecule has 0 atom stereocenters. The van der Waals surface area contributed by atoms with Gasteiger partial charge in [0.1, 0.15) is 10.8 Å². The molecular weight excluding hydrogens is 381 g/mol. The zero-order chi connectivity index (χ0) is 18.3. The Hall–Kier alpha value is -2.29. The number of hydrogen-bond donors (Lipinski definition) is 1. The van der Waals surface area contributed by atoms with Gasteiger partial charge >= 0.3 is 0 Å². The molecule has 134 valence electrons. The zero-order valence-electron chi connectivity index (χ0n) is 13.6. The molecule has 1 aliphatic heterocycles. The lowest BCUT2D eigenvalue weighted by molar-refractivity contribution is 0.102. The maximum Gasteiger partial charge on any atom is 0.261 e. The van der Waals surface area contributed by atoms with E-state index in [1.807, 2.05) is 0 Å². The Bertz CT molecular complexity index is 1000. The molecule has 1 N–H and O–H groups in total. The van der Waals surface area contributed by atoms with Gasteiger partial charge in [-0.2, -0.15) is 4.98 Å². The number of carbonyl (C=O) groups excluding carboxylic acids is 1. The molecule has 1 amide bonds. The van der Waals surface area contributed by atoms with Crippen LogP contribution < -0.4 is 5.32 Å². The van der Waals surface area contributed by atoms with Gasteiger partial charge in [0.2, 0.25) is 0 Å². The summed E-state index contributed by atoms with van der Waals surface area (Å²) in [5.74, 6) is -0.0856. The van der Waals surface area contributed by atoms with Crippen molar-refractivity contribution in [3.8, 4) is 11.5 Å². The van der Waals surface area contributed by atoms with E-state index in [4.69, 9.17) is 20.9 Å². The lowest BCUT2D eigenvalue weighted by atomic mass is 10.1. The minimum atomic E-state index is -0.502. The van der Waals surface area contributed by atoms with Gasteiger partial charge in [0.25, 0.3) is 11.8 Å². The predicted molar refractivity (Wildman–Crippen MR) is 95.1 cm³/mol. The van der Waals surface area contributed by atoms with Gasteiger partial charge in [0.15, 0.2) is 5.82 Å². The summed E-state index contributed by atoms with van der Waals surface area (Å²) in [6.45, 7) is 2.78. The fourth-order valence-corrected chi connectivity index (χ4v) is 4.21. The summed E-state index contributed by atoms with van der Waals surface area (Å²) in [7, 11) is 0. The van der Waals surface area contributed by atoms with Gasteiger partial charge in [-0.05, 0) is 37.1 Å². The van der Waals surface area contributed by atoms with Crippen molar-refractivity contribution in [2.45, 2.75) is 20.0 Å². The van der Waals surface area contributed by atoms with E-state index in [1.54, 1.807) is 6.92 Å². The Balaban J connectivity index is 1.74. The van der Waals surface area contributed by atoms with Crippen molar-refractivity contribution in [1.82, 2.24) is 10.1 Å². The van der Waals surface area contributed by atoms with Crippen LogP contribution in [0.1, 0.15) is 26.6 Å². The van der Waals surface area contributed by atoms with Gasteiger partial charge in [-0.1, -0.05) is 16.8 Å². The minimum Gasteiger partial charge on any atom is -0.376 e. The summed E-state index contributed by atoms with van der Waals surface area (Å²) in [6, 6.07) is 3.64. The Morgan fingerprint density at radius 1 is 1.42 bits per heavy atom.